The Hall–Kier alpha value is -0.650. The van der Waals surface area contributed by atoms with Gasteiger partial charge in [-0.25, -0.2) is 0 Å². The molecule has 4 aliphatic rings. The molecule has 5 nitrogen and oxygen atoms in total. The second kappa shape index (κ2) is 3.42. The molecular formula is C11H16O5. The van der Waals surface area contributed by atoms with Gasteiger partial charge in [-0.05, 0) is 12.8 Å². The number of hydrogen-bond acceptors (Lipinski definition) is 5. The maximum absolute atomic E-state index is 11.9. The van der Waals surface area contributed by atoms with Gasteiger partial charge in [-0.1, -0.05) is 6.42 Å². The molecule has 0 aromatic carbocycles. The van der Waals surface area contributed by atoms with Gasteiger partial charge in [-0.2, -0.15) is 0 Å². The van der Waals surface area contributed by atoms with Crippen molar-refractivity contribution in [3.63, 3.8) is 0 Å². The van der Waals surface area contributed by atoms with E-state index in [4.69, 9.17) is 18.9 Å². The topological polar surface area (TPSA) is 54.0 Å². The van der Waals surface area contributed by atoms with Gasteiger partial charge in [0.2, 0.25) is 0 Å². The maximum atomic E-state index is 11.9. The van der Waals surface area contributed by atoms with E-state index in [1.54, 1.807) is 0 Å². The lowest BCUT2D eigenvalue weighted by molar-refractivity contribution is -0.490. The molecule has 0 amide bonds. The van der Waals surface area contributed by atoms with Crippen LogP contribution >= 0.6 is 0 Å². The zero-order valence-electron chi connectivity index (χ0n) is 9.36. The van der Waals surface area contributed by atoms with Gasteiger partial charge in [0, 0.05) is 5.92 Å². The van der Waals surface area contributed by atoms with Gasteiger partial charge in [-0.3, -0.25) is 4.79 Å². The summed E-state index contributed by atoms with van der Waals surface area (Å²) in [6.45, 7) is 1.83. The number of methoxy groups -OCH3 is 1. The number of esters is 1. The molecule has 3 saturated heterocycles. The van der Waals surface area contributed by atoms with Gasteiger partial charge in [0.1, 0.15) is 5.41 Å². The third-order valence-electron chi connectivity index (χ3n) is 3.90. The summed E-state index contributed by atoms with van der Waals surface area (Å²) in [5, 5.41) is 0. The van der Waals surface area contributed by atoms with Crippen molar-refractivity contribution in [2.45, 2.75) is 25.2 Å². The number of hydrogen-bond donors (Lipinski definition) is 0. The average molecular weight is 228 g/mol. The summed E-state index contributed by atoms with van der Waals surface area (Å²) in [4.78, 5) is 11.9. The Balaban J connectivity index is 1.91. The molecular weight excluding hydrogens is 212 g/mol. The van der Waals surface area contributed by atoms with Gasteiger partial charge in [0.15, 0.2) is 0 Å². The summed E-state index contributed by atoms with van der Waals surface area (Å²) >= 11 is 0. The van der Waals surface area contributed by atoms with E-state index in [0.29, 0.717) is 38.6 Å². The Morgan fingerprint density at radius 2 is 1.75 bits per heavy atom. The fourth-order valence-corrected chi connectivity index (χ4v) is 2.73. The molecule has 5 heteroatoms. The monoisotopic (exact) mass is 228 g/mol. The SMILES string of the molecule is COC(=O)C1(C23OCC(CO2)CO3)CCC1. The number of carbonyl (C=O) groups excluding carboxylic acids is 1. The maximum Gasteiger partial charge on any atom is 0.320 e. The van der Waals surface area contributed by atoms with Crippen LogP contribution in [0.1, 0.15) is 19.3 Å². The largest absolute Gasteiger partial charge is 0.468 e. The molecule has 4 fully saturated rings. The van der Waals surface area contributed by atoms with Gasteiger partial charge in [-0.15, -0.1) is 0 Å². The van der Waals surface area contributed by atoms with Crippen molar-refractivity contribution in [3.8, 4) is 0 Å². The highest BCUT2D eigenvalue weighted by atomic mass is 16.9. The first-order chi connectivity index (χ1) is 7.72. The van der Waals surface area contributed by atoms with Crippen molar-refractivity contribution < 1.29 is 23.7 Å². The predicted octanol–water partition coefficient (Wildman–Crippen LogP) is 0.677. The Morgan fingerprint density at radius 3 is 2.12 bits per heavy atom. The summed E-state index contributed by atoms with van der Waals surface area (Å²) < 4.78 is 21.8. The molecule has 0 radical (unpaired) electrons. The summed E-state index contributed by atoms with van der Waals surface area (Å²) in [5.74, 6) is -1.15. The summed E-state index contributed by atoms with van der Waals surface area (Å²) in [5.41, 5.74) is -0.743. The minimum absolute atomic E-state index is 0.279. The van der Waals surface area contributed by atoms with Crippen molar-refractivity contribution in [3.05, 3.63) is 0 Å². The second-order valence-corrected chi connectivity index (χ2v) is 4.78. The molecule has 0 aromatic rings. The van der Waals surface area contributed by atoms with Crippen LogP contribution in [0.2, 0.25) is 0 Å². The third-order valence-corrected chi connectivity index (χ3v) is 3.90. The number of carbonyl (C=O) groups is 1. The summed E-state index contributed by atoms with van der Waals surface area (Å²) in [6, 6.07) is 0. The molecule has 3 aliphatic heterocycles. The molecule has 0 atom stereocenters. The molecule has 2 bridgehead atoms. The molecule has 16 heavy (non-hydrogen) atoms. The molecule has 90 valence electrons. The van der Waals surface area contributed by atoms with Crippen molar-refractivity contribution in [1.29, 1.82) is 0 Å². The van der Waals surface area contributed by atoms with Crippen LogP contribution in [-0.4, -0.2) is 38.9 Å². The zero-order valence-corrected chi connectivity index (χ0v) is 9.36. The summed E-state index contributed by atoms with van der Waals surface area (Å²) in [6.07, 6.45) is 2.41. The third kappa shape index (κ3) is 1.14. The number of ether oxygens (including phenoxy) is 4. The van der Waals surface area contributed by atoms with E-state index in [0.717, 1.165) is 6.42 Å². The molecule has 0 N–H and O–H groups in total. The van der Waals surface area contributed by atoms with E-state index in [9.17, 15) is 4.79 Å². The molecule has 3 heterocycles. The lowest BCUT2D eigenvalue weighted by Crippen LogP contribution is -2.67. The van der Waals surface area contributed by atoms with Gasteiger partial charge < -0.3 is 18.9 Å². The van der Waals surface area contributed by atoms with Crippen LogP contribution in [0.15, 0.2) is 0 Å². The van der Waals surface area contributed by atoms with Gasteiger partial charge >= 0.3 is 5.97 Å². The molecule has 0 unspecified atom stereocenters. The highest BCUT2D eigenvalue weighted by Crippen LogP contribution is 2.55. The van der Waals surface area contributed by atoms with Crippen LogP contribution in [0.4, 0.5) is 0 Å². The van der Waals surface area contributed by atoms with E-state index in [1.807, 2.05) is 0 Å². The smallest absolute Gasteiger partial charge is 0.320 e. The molecule has 1 saturated carbocycles. The van der Waals surface area contributed by atoms with E-state index in [1.165, 1.54) is 7.11 Å². The molecule has 0 aromatic heterocycles. The van der Waals surface area contributed by atoms with Crippen LogP contribution in [0.5, 0.6) is 0 Å². The van der Waals surface area contributed by atoms with Crippen molar-refractivity contribution in [1.82, 2.24) is 0 Å². The van der Waals surface area contributed by atoms with Crippen molar-refractivity contribution in [2.24, 2.45) is 11.3 Å². The number of rotatable bonds is 2. The van der Waals surface area contributed by atoms with E-state index < -0.39 is 11.4 Å². The van der Waals surface area contributed by atoms with Crippen LogP contribution in [0.25, 0.3) is 0 Å². The Kier molecular flexibility index (Phi) is 2.24. The second-order valence-electron chi connectivity index (χ2n) is 4.78. The first kappa shape index (κ1) is 10.5. The molecule has 1 aliphatic carbocycles. The summed E-state index contributed by atoms with van der Waals surface area (Å²) in [7, 11) is 1.40. The first-order valence-electron chi connectivity index (χ1n) is 5.73. The first-order valence-corrected chi connectivity index (χ1v) is 5.73. The van der Waals surface area contributed by atoms with E-state index in [2.05, 4.69) is 0 Å². The Morgan fingerprint density at radius 1 is 1.19 bits per heavy atom. The molecule has 4 rings (SSSR count). The van der Waals surface area contributed by atoms with Crippen LogP contribution in [0, 0.1) is 11.3 Å². The Bertz CT molecular complexity index is 288. The zero-order chi connectivity index (χ0) is 11.2. The lowest BCUT2D eigenvalue weighted by Gasteiger charge is -2.56. The Labute approximate surface area is 94.0 Å². The lowest BCUT2D eigenvalue weighted by atomic mass is 9.66. The normalized spacial score (nSPS) is 40.2. The van der Waals surface area contributed by atoms with Gasteiger partial charge in [0.25, 0.3) is 5.97 Å². The average Bonchev–Trinajstić information content (AvgIpc) is 2.29. The van der Waals surface area contributed by atoms with Gasteiger partial charge in [0.05, 0.1) is 26.9 Å². The van der Waals surface area contributed by atoms with E-state index in [-0.39, 0.29) is 5.97 Å². The predicted molar refractivity (Wildman–Crippen MR) is 52.4 cm³/mol. The van der Waals surface area contributed by atoms with Crippen LogP contribution in [0.3, 0.4) is 0 Å². The quantitative estimate of drug-likeness (QED) is 0.650. The highest BCUT2D eigenvalue weighted by molar-refractivity contribution is 5.79. The molecule has 0 spiro atoms. The van der Waals surface area contributed by atoms with Crippen LogP contribution in [-0.2, 0) is 23.7 Å². The fraction of sp³-hybridized carbons (Fsp3) is 0.909. The fourth-order valence-electron chi connectivity index (χ4n) is 2.73. The van der Waals surface area contributed by atoms with E-state index >= 15 is 0 Å². The standard InChI is InChI=1S/C11H16O5/c1-13-9(12)10(3-2-4-10)11-14-5-8(6-15-11)7-16-11/h8H,2-7H2,1H3. The highest BCUT2D eigenvalue weighted by Gasteiger charge is 2.67. The van der Waals surface area contributed by atoms with Crippen molar-refractivity contribution >= 4 is 5.97 Å². The minimum atomic E-state index is -1.17. The minimum Gasteiger partial charge on any atom is -0.468 e. The van der Waals surface area contributed by atoms with Crippen LogP contribution < -0.4 is 0 Å². The van der Waals surface area contributed by atoms with Crippen molar-refractivity contribution in [2.75, 3.05) is 26.9 Å². The number of fused-ring (bicyclic) bond motifs is 3.